The highest BCUT2D eigenvalue weighted by molar-refractivity contribution is 9.10. The molecule has 20 heavy (non-hydrogen) atoms. The molecule has 1 heterocycles. The Morgan fingerprint density at radius 2 is 2.00 bits per heavy atom. The average Bonchev–Trinajstić information content (AvgIpc) is 2.39. The van der Waals surface area contributed by atoms with Crippen molar-refractivity contribution in [2.24, 2.45) is 0 Å². The van der Waals surface area contributed by atoms with Crippen LogP contribution in [0.4, 0.5) is 11.4 Å². The van der Waals surface area contributed by atoms with Crippen LogP contribution in [0.2, 0.25) is 0 Å². The second-order valence-electron chi connectivity index (χ2n) is 3.93. The van der Waals surface area contributed by atoms with Crippen LogP contribution in [0.3, 0.4) is 0 Å². The summed E-state index contributed by atoms with van der Waals surface area (Å²) in [7, 11) is 0. The third-order valence-corrected chi connectivity index (χ3v) is 2.97. The van der Waals surface area contributed by atoms with E-state index in [-0.39, 0.29) is 16.9 Å². The van der Waals surface area contributed by atoms with Crippen LogP contribution in [0.25, 0.3) is 0 Å². The van der Waals surface area contributed by atoms with E-state index in [0.717, 1.165) is 0 Å². The van der Waals surface area contributed by atoms with E-state index in [2.05, 4.69) is 26.2 Å². The lowest BCUT2D eigenvalue weighted by molar-refractivity contribution is 0.0698. The third kappa shape index (κ3) is 3.12. The standard InChI is InChI=1S/C13H10BrN3O3/c14-7-1-3-9(13(19)20)11(5-7)17-12(18)10-4-2-8(15)6-16-10/h1-6H,15H2,(H,17,18)(H,19,20). The molecule has 0 saturated heterocycles. The molecule has 0 bridgehead atoms. The van der Waals surface area contributed by atoms with Crippen molar-refractivity contribution in [1.82, 2.24) is 4.98 Å². The number of hydrogen-bond acceptors (Lipinski definition) is 4. The molecule has 0 saturated carbocycles. The van der Waals surface area contributed by atoms with E-state index in [1.165, 1.54) is 24.4 Å². The van der Waals surface area contributed by atoms with Crippen LogP contribution >= 0.6 is 15.9 Å². The summed E-state index contributed by atoms with van der Waals surface area (Å²) >= 11 is 3.22. The second-order valence-corrected chi connectivity index (χ2v) is 4.84. The molecule has 0 spiro atoms. The lowest BCUT2D eigenvalue weighted by Gasteiger charge is -2.08. The molecule has 0 aliphatic heterocycles. The van der Waals surface area contributed by atoms with Gasteiger partial charge in [-0.1, -0.05) is 15.9 Å². The van der Waals surface area contributed by atoms with Crippen LogP contribution in [0.5, 0.6) is 0 Å². The van der Waals surface area contributed by atoms with Crippen molar-refractivity contribution >= 4 is 39.2 Å². The number of pyridine rings is 1. The summed E-state index contributed by atoms with van der Waals surface area (Å²) in [6, 6.07) is 7.50. The molecule has 1 aromatic carbocycles. The number of aromatic nitrogens is 1. The number of carbonyl (C=O) groups is 2. The van der Waals surface area contributed by atoms with Crippen molar-refractivity contribution in [3.8, 4) is 0 Å². The van der Waals surface area contributed by atoms with Gasteiger partial charge in [0.2, 0.25) is 0 Å². The van der Waals surface area contributed by atoms with Crippen molar-refractivity contribution in [2.45, 2.75) is 0 Å². The maximum atomic E-state index is 12.0. The summed E-state index contributed by atoms with van der Waals surface area (Å²) in [6.45, 7) is 0. The average molecular weight is 336 g/mol. The van der Waals surface area contributed by atoms with Gasteiger partial charge in [0.05, 0.1) is 23.1 Å². The van der Waals surface area contributed by atoms with E-state index in [1.807, 2.05) is 0 Å². The first-order valence-corrected chi connectivity index (χ1v) is 6.32. The molecule has 0 unspecified atom stereocenters. The number of carbonyl (C=O) groups excluding carboxylic acids is 1. The van der Waals surface area contributed by atoms with E-state index in [0.29, 0.717) is 10.2 Å². The molecule has 1 aromatic heterocycles. The number of aromatic carboxylic acids is 1. The zero-order valence-electron chi connectivity index (χ0n) is 10.1. The number of nitrogens with zero attached hydrogens (tertiary/aromatic N) is 1. The normalized spacial score (nSPS) is 10.1. The molecule has 1 amide bonds. The number of amides is 1. The molecular weight excluding hydrogens is 326 g/mol. The molecule has 4 N–H and O–H groups in total. The lowest BCUT2D eigenvalue weighted by atomic mass is 10.1. The molecule has 0 aliphatic carbocycles. The van der Waals surface area contributed by atoms with Gasteiger partial charge in [0, 0.05) is 4.47 Å². The minimum absolute atomic E-state index is 0.00278. The van der Waals surface area contributed by atoms with Crippen molar-refractivity contribution in [1.29, 1.82) is 0 Å². The number of rotatable bonds is 3. The number of nitrogens with two attached hydrogens (primary N) is 1. The van der Waals surface area contributed by atoms with Crippen LogP contribution in [-0.4, -0.2) is 22.0 Å². The molecule has 0 atom stereocenters. The number of nitrogen functional groups attached to an aromatic ring is 1. The van der Waals surface area contributed by atoms with E-state index in [9.17, 15) is 9.59 Å². The molecule has 0 fully saturated rings. The minimum Gasteiger partial charge on any atom is -0.478 e. The molecule has 102 valence electrons. The van der Waals surface area contributed by atoms with Crippen LogP contribution in [0.15, 0.2) is 41.0 Å². The highest BCUT2D eigenvalue weighted by atomic mass is 79.9. The van der Waals surface area contributed by atoms with E-state index in [4.69, 9.17) is 10.8 Å². The SMILES string of the molecule is Nc1ccc(C(=O)Nc2cc(Br)ccc2C(=O)O)nc1. The van der Waals surface area contributed by atoms with E-state index < -0.39 is 11.9 Å². The van der Waals surface area contributed by atoms with Gasteiger partial charge in [0.1, 0.15) is 5.69 Å². The molecule has 6 nitrogen and oxygen atoms in total. The maximum Gasteiger partial charge on any atom is 0.337 e. The Bertz CT molecular complexity index is 671. The molecule has 2 aromatic rings. The Hall–Kier alpha value is -2.41. The highest BCUT2D eigenvalue weighted by Gasteiger charge is 2.14. The highest BCUT2D eigenvalue weighted by Crippen LogP contribution is 2.22. The number of carboxylic acids is 1. The van der Waals surface area contributed by atoms with E-state index in [1.54, 1.807) is 12.1 Å². The zero-order chi connectivity index (χ0) is 14.7. The summed E-state index contributed by atoms with van der Waals surface area (Å²) in [5.41, 5.74) is 6.26. The summed E-state index contributed by atoms with van der Waals surface area (Å²) in [5.74, 6) is -1.64. The van der Waals surface area contributed by atoms with Gasteiger partial charge in [-0.15, -0.1) is 0 Å². The smallest absolute Gasteiger partial charge is 0.337 e. The van der Waals surface area contributed by atoms with Crippen LogP contribution in [-0.2, 0) is 0 Å². The molecule has 0 radical (unpaired) electrons. The summed E-state index contributed by atoms with van der Waals surface area (Å²) in [5, 5.41) is 11.6. The second kappa shape index (κ2) is 5.70. The number of halogens is 1. The quantitative estimate of drug-likeness (QED) is 0.798. The summed E-state index contributed by atoms with van der Waals surface area (Å²) < 4.78 is 0.656. The van der Waals surface area contributed by atoms with Gasteiger partial charge in [0.15, 0.2) is 0 Å². The zero-order valence-corrected chi connectivity index (χ0v) is 11.7. The number of anilines is 2. The topological polar surface area (TPSA) is 105 Å². The van der Waals surface area contributed by atoms with Gasteiger partial charge in [-0.05, 0) is 30.3 Å². The Labute approximate surface area is 122 Å². The Kier molecular flexibility index (Phi) is 3.99. The monoisotopic (exact) mass is 335 g/mol. The van der Waals surface area contributed by atoms with Crippen molar-refractivity contribution in [3.05, 3.63) is 52.3 Å². The van der Waals surface area contributed by atoms with Gasteiger partial charge in [-0.25, -0.2) is 9.78 Å². The summed E-state index contributed by atoms with van der Waals surface area (Å²) in [6.07, 6.45) is 1.36. The van der Waals surface area contributed by atoms with Gasteiger partial charge in [0.25, 0.3) is 5.91 Å². The van der Waals surface area contributed by atoms with E-state index >= 15 is 0 Å². The fourth-order valence-electron chi connectivity index (χ4n) is 1.53. The fourth-order valence-corrected chi connectivity index (χ4v) is 1.89. The Morgan fingerprint density at radius 3 is 2.60 bits per heavy atom. The van der Waals surface area contributed by atoms with Gasteiger partial charge in [-0.2, -0.15) is 0 Å². The number of nitrogens with one attached hydrogen (secondary N) is 1. The first-order chi connectivity index (χ1) is 9.47. The van der Waals surface area contributed by atoms with Crippen molar-refractivity contribution < 1.29 is 14.7 Å². The Balaban J connectivity index is 2.29. The largest absolute Gasteiger partial charge is 0.478 e. The van der Waals surface area contributed by atoms with Crippen LogP contribution in [0.1, 0.15) is 20.8 Å². The molecular formula is C13H10BrN3O3. The van der Waals surface area contributed by atoms with Gasteiger partial charge >= 0.3 is 5.97 Å². The Morgan fingerprint density at radius 1 is 1.25 bits per heavy atom. The fraction of sp³-hybridized carbons (Fsp3) is 0. The minimum atomic E-state index is -1.13. The number of hydrogen-bond donors (Lipinski definition) is 3. The number of benzene rings is 1. The molecule has 0 aliphatic rings. The van der Waals surface area contributed by atoms with Crippen molar-refractivity contribution in [2.75, 3.05) is 11.1 Å². The van der Waals surface area contributed by atoms with Crippen LogP contribution < -0.4 is 11.1 Å². The predicted molar refractivity (Wildman–Crippen MR) is 77.7 cm³/mol. The molecule has 2 rings (SSSR count). The first-order valence-electron chi connectivity index (χ1n) is 5.53. The number of carboxylic acid groups (broad SMARTS) is 1. The maximum absolute atomic E-state index is 12.0. The van der Waals surface area contributed by atoms with Crippen molar-refractivity contribution in [3.63, 3.8) is 0 Å². The summed E-state index contributed by atoms with van der Waals surface area (Å²) in [4.78, 5) is 27.0. The first kappa shape index (κ1) is 14.0. The lowest BCUT2D eigenvalue weighted by Crippen LogP contribution is -2.16. The van der Waals surface area contributed by atoms with Crippen LogP contribution in [0, 0.1) is 0 Å². The van der Waals surface area contributed by atoms with Gasteiger partial charge in [-0.3, -0.25) is 4.79 Å². The molecule has 7 heteroatoms. The predicted octanol–water partition coefficient (Wildman–Crippen LogP) is 2.38. The van der Waals surface area contributed by atoms with Gasteiger partial charge < -0.3 is 16.2 Å². The third-order valence-electron chi connectivity index (χ3n) is 2.48.